The van der Waals surface area contributed by atoms with Gasteiger partial charge in [0, 0.05) is 18.7 Å². The number of amides is 1. The molecule has 0 saturated heterocycles. The molecule has 0 radical (unpaired) electrons. The maximum atomic E-state index is 13.1. The zero-order valence-corrected chi connectivity index (χ0v) is 15.4. The monoisotopic (exact) mass is 359 g/mol. The number of para-hydroxylation sites is 1. The Labute approximate surface area is 151 Å². The Morgan fingerprint density at radius 2 is 2.12 bits per heavy atom. The highest BCUT2D eigenvalue weighted by atomic mass is 32.2. The maximum absolute atomic E-state index is 13.1. The zero-order valence-electron chi connectivity index (χ0n) is 14.6. The standard InChI is InChI=1S/C18H21N3O3S/c1-12-15-16(20-18(19-12)25-3)24-10-6-9-21(17(15)22)11-13-7-4-5-8-14(13)23-2/h4-5,7-8H,6,9-11H2,1-3H3. The fourth-order valence-electron chi connectivity index (χ4n) is 2.84. The van der Waals surface area contributed by atoms with Crippen molar-refractivity contribution in [2.75, 3.05) is 26.5 Å². The number of ether oxygens (including phenoxy) is 2. The van der Waals surface area contributed by atoms with E-state index in [0.29, 0.717) is 42.0 Å². The van der Waals surface area contributed by atoms with Crippen molar-refractivity contribution >= 4 is 17.7 Å². The second-order valence-corrected chi connectivity index (χ2v) is 6.49. The molecule has 2 heterocycles. The average molecular weight is 359 g/mol. The number of carbonyl (C=O) groups is 1. The van der Waals surface area contributed by atoms with Crippen LogP contribution in [0, 0.1) is 6.92 Å². The Morgan fingerprint density at radius 1 is 1.32 bits per heavy atom. The zero-order chi connectivity index (χ0) is 17.8. The van der Waals surface area contributed by atoms with Crippen LogP contribution >= 0.6 is 11.8 Å². The minimum Gasteiger partial charge on any atom is -0.496 e. The van der Waals surface area contributed by atoms with Gasteiger partial charge in [-0.3, -0.25) is 4.79 Å². The normalized spacial score (nSPS) is 14.4. The minimum atomic E-state index is -0.106. The SMILES string of the molecule is COc1ccccc1CN1CCCOc2nc(SC)nc(C)c2C1=O. The first-order valence-corrected chi connectivity index (χ1v) is 9.33. The van der Waals surface area contributed by atoms with Crippen LogP contribution in [0.4, 0.5) is 0 Å². The summed E-state index contributed by atoms with van der Waals surface area (Å²) < 4.78 is 11.1. The molecule has 3 rings (SSSR count). The summed E-state index contributed by atoms with van der Waals surface area (Å²) in [4.78, 5) is 23.7. The summed E-state index contributed by atoms with van der Waals surface area (Å²) in [5.74, 6) is 1.05. The number of benzene rings is 1. The van der Waals surface area contributed by atoms with Gasteiger partial charge < -0.3 is 14.4 Å². The van der Waals surface area contributed by atoms with Gasteiger partial charge in [-0.25, -0.2) is 4.98 Å². The van der Waals surface area contributed by atoms with Gasteiger partial charge >= 0.3 is 0 Å². The molecular weight excluding hydrogens is 338 g/mol. The van der Waals surface area contributed by atoms with E-state index in [9.17, 15) is 4.79 Å². The van der Waals surface area contributed by atoms with Crippen LogP contribution in [0.2, 0.25) is 0 Å². The smallest absolute Gasteiger partial charge is 0.261 e. The van der Waals surface area contributed by atoms with Crippen molar-refractivity contribution in [3.05, 3.63) is 41.1 Å². The van der Waals surface area contributed by atoms with Crippen LogP contribution < -0.4 is 9.47 Å². The van der Waals surface area contributed by atoms with Gasteiger partial charge in [0.05, 0.1) is 19.4 Å². The largest absolute Gasteiger partial charge is 0.496 e. The average Bonchev–Trinajstić information content (AvgIpc) is 2.62. The number of rotatable bonds is 4. The van der Waals surface area contributed by atoms with Gasteiger partial charge in [-0.15, -0.1) is 0 Å². The summed E-state index contributed by atoms with van der Waals surface area (Å²) in [6, 6.07) is 7.74. The molecule has 1 aliphatic rings. The molecule has 1 aromatic carbocycles. The molecule has 6 nitrogen and oxygen atoms in total. The summed E-state index contributed by atoms with van der Waals surface area (Å²) in [6.07, 6.45) is 2.65. The van der Waals surface area contributed by atoms with E-state index in [0.717, 1.165) is 17.7 Å². The molecule has 7 heteroatoms. The number of aromatic nitrogens is 2. The van der Waals surface area contributed by atoms with Gasteiger partial charge in [-0.05, 0) is 25.7 Å². The number of nitrogens with zero attached hydrogens (tertiary/aromatic N) is 3. The molecule has 0 fully saturated rings. The van der Waals surface area contributed by atoms with E-state index in [1.165, 1.54) is 11.8 Å². The van der Waals surface area contributed by atoms with Crippen LogP contribution in [0.15, 0.2) is 29.4 Å². The molecule has 1 amide bonds. The Balaban J connectivity index is 1.96. The molecular formula is C18H21N3O3S. The molecule has 1 aliphatic heterocycles. The number of methoxy groups -OCH3 is 1. The van der Waals surface area contributed by atoms with Gasteiger partial charge in [0.25, 0.3) is 5.91 Å². The van der Waals surface area contributed by atoms with E-state index in [4.69, 9.17) is 9.47 Å². The van der Waals surface area contributed by atoms with Crippen molar-refractivity contribution in [2.45, 2.75) is 25.0 Å². The third kappa shape index (κ3) is 3.71. The molecule has 1 aromatic heterocycles. The molecule has 0 aliphatic carbocycles. The van der Waals surface area contributed by atoms with E-state index in [-0.39, 0.29) is 5.91 Å². The van der Waals surface area contributed by atoms with Crippen molar-refractivity contribution in [1.82, 2.24) is 14.9 Å². The van der Waals surface area contributed by atoms with Gasteiger partial charge in [0.1, 0.15) is 11.3 Å². The Kier molecular flexibility index (Phi) is 5.43. The number of hydrogen-bond donors (Lipinski definition) is 0. The van der Waals surface area contributed by atoms with Gasteiger partial charge in [0.15, 0.2) is 5.16 Å². The van der Waals surface area contributed by atoms with E-state index < -0.39 is 0 Å². The first kappa shape index (κ1) is 17.5. The highest BCUT2D eigenvalue weighted by Gasteiger charge is 2.27. The highest BCUT2D eigenvalue weighted by Crippen LogP contribution is 2.27. The fourth-order valence-corrected chi connectivity index (χ4v) is 3.24. The van der Waals surface area contributed by atoms with Crippen LogP contribution in [0.1, 0.15) is 28.0 Å². The molecule has 25 heavy (non-hydrogen) atoms. The van der Waals surface area contributed by atoms with Crippen molar-refractivity contribution in [2.24, 2.45) is 0 Å². The topological polar surface area (TPSA) is 64.6 Å². The van der Waals surface area contributed by atoms with Crippen molar-refractivity contribution in [3.63, 3.8) is 0 Å². The highest BCUT2D eigenvalue weighted by molar-refractivity contribution is 7.98. The second-order valence-electron chi connectivity index (χ2n) is 5.72. The minimum absolute atomic E-state index is 0.106. The predicted molar refractivity (Wildman–Crippen MR) is 96.4 cm³/mol. The Bertz CT molecular complexity index is 782. The molecule has 0 saturated carbocycles. The van der Waals surface area contributed by atoms with Crippen LogP contribution in [0.5, 0.6) is 11.6 Å². The lowest BCUT2D eigenvalue weighted by Gasteiger charge is -2.27. The van der Waals surface area contributed by atoms with Crippen LogP contribution in [-0.4, -0.2) is 47.3 Å². The third-order valence-corrected chi connectivity index (χ3v) is 4.63. The molecule has 0 unspecified atom stereocenters. The lowest BCUT2D eigenvalue weighted by Crippen LogP contribution is -2.35. The van der Waals surface area contributed by atoms with Crippen molar-refractivity contribution in [3.8, 4) is 11.6 Å². The first-order chi connectivity index (χ1) is 12.1. The van der Waals surface area contributed by atoms with Gasteiger partial charge in [-0.2, -0.15) is 4.98 Å². The number of aryl methyl sites for hydroxylation is 1. The maximum Gasteiger partial charge on any atom is 0.261 e. The number of hydrogen-bond acceptors (Lipinski definition) is 6. The van der Waals surface area contributed by atoms with Crippen LogP contribution in [-0.2, 0) is 6.54 Å². The quantitative estimate of drug-likeness (QED) is 0.618. The molecule has 132 valence electrons. The van der Waals surface area contributed by atoms with Gasteiger partial charge in [0.2, 0.25) is 5.88 Å². The Morgan fingerprint density at radius 3 is 2.88 bits per heavy atom. The predicted octanol–water partition coefficient (Wildman–Crippen LogP) is 2.94. The fraction of sp³-hybridized carbons (Fsp3) is 0.389. The molecule has 0 bridgehead atoms. The van der Waals surface area contributed by atoms with Crippen molar-refractivity contribution < 1.29 is 14.3 Å². The Hall–Kier alpha value is -2.28. The third-order valence-electron chi connectivity index (χ3n) is 4.08. The number of carbonyl (C=O) groups excluding carboxylic acids is 1. The van der Waals surface area contributed by atoms with E-state index in [1.54, 1.807) is 7.11 Å². The summed E-state index contributed by atoms with van der Waals surface area (Å²) >= 11 is 1.43. The lowest BCUT2D eigenvalue weighted by atomic mass is 10.1. The lowest BCUT2D eigenvalue weighted by molar-refractivity contribution is 0.0706. The summed E-state index contributed by atoms with van der Waals surface area (Å²) in [7, 11) is 1.64. The van der Waals surface area contributed by atoms with Crippen LogP contribution in [0.3, 0.4) is 0 Å². The van der Waals surface area contributed by atoms with Crippen LogP contribution in [0.25, 0.3) is 0 Å². The van der Waals surface area contributed by atoms with Crippen molar-refractivity contribution in [1.29, 1.82) is 0 Å². The second kappa shape index (κ2) is 7.74. The van der Waals surface area contributed by atoms with E-state index in [1.807, 2.05) is 42.3 Å². The number of thioether (sulfide) groups is 1. The van der Waals surface area contributed by atoms with Gasteiger partial charge in [-0.1, -0.05) is 30.0 Å². The summed E-state index contributed by atoms with van der Waals surface area (Å²) in [6.45, 7) is 3.43. The first-order valence-electron chi connectivity index (χ1n) is 8.10. The summed E-state index contributed by atoms with van der Waals surface area (Å²) in [5, 5.41) is 0.612. The number of fused-ring (bicyclic) bond motifs is 1. The molecule has 0 atom stereocenters. The summed E-state index contributed by atoms with van der Waals surface area (Å²) in [5.41, 5.74) is 2.07. The molecule has 0 N–H and O–H groups in total. The molecule has 2 aromatic rings. The molecule has 0 spiro atoms. The van der Waals surface area contributed by atoms with E-state index >= 15 is 0 Å². The van der Waals surface area contributed by atoms with E-state index in [2.05, 4.69) is 9.97 Å².